The molecular formula is C26H29ClN4O3S2. The SMILES string of the molecule is C=CCn1c(Cc2ccc(Cl)cc2)nnc1SCC(=O)Nc1sc2c(c1C(=O)OCC)CCCCC2. The van der Waals surface area contributed by atoms with Crippen molar-refractivity contribution >= 4 is 51.6 Å². The number of nitrogens with zero attached hydrogens (tertiary/aromatic N) is 3. The van der Waals surface area contributed by atoms with Gasteiger partial charge in [0.1, 0.15) is 10.8 Å². The average molecular weight is 545 g/mol. The molecule has 0 unspecified atom stereocenters. The fourth-order valence-electron chi connectivity index (χ4n) is 4.20. The molecule has 1 aromatic carbocycles. The van der Waals surface area contributed by atoms with Crippen LogP contribution in [0.4, 0.5) is 5.00 Å². The number of rotatable bonds is 10. The van der Waals surface area contributed by atoms with Crippen LogP contribution in [0.5, 0.6) is 0 Å². The molecule has 0 saturated carbocycles. The van der Waals surface area contributed by atoms with Gasteiger partial charge in [-0.05, 0) is 55.9 Å². The summed E-state index contributed by atoms with van der Waals surface area (Å²) in [6, 6.07) is 7.61. The number of thiophene rings is 1. The molecule has 0 radical (unpaired) electrons. The number of ether oxygens (including phenoxy) is 1. The normalized spacial score (nSPS) is 13.1. The number of fused-ring (bicyclic) bond motifs is 1. The van der Waals surface area contributed by atoms with Gasteiger partial charge in [-0.1, -0.05) is 48.0 Å². The molecule has 3 aromatic rings. The van der Waals surface area contributed by atoms with Crippen molar-refractivity contribution in [3.8, 4) is 0 Å². The molecule has 0 saturated heterocycles. The molecule has 1 N–H and O–H groups in total. The Kier molecular flexibility index (Phi) is 9.23. The molecule has 190 valence electrons. The fraction of sp³-hybridized carbons (Fsp3) is 0.385. The van der Waals surface area contributed by atoms with E-state index in [9.17, 15) is 9.59 Å². The Hall–Kier alpha value is -2.62. The zero-order valence-corrected chi connectivity index (χ0v) is 22.6. The lowest BCUT2D eigenvalue weighted by molar-refractivity contribution is -0.113. The number of carbonyl (C=O) groups is 2. The van der Waals surface area contributed by atoms with Gasteiger partial charge in [-0.15, -0.1) is 28.1 Å². The molecule has 1 aliphatic carbocycles. The molecule has 0 spiro atoms. The molecule has 2 heterocycles. The smallest absolute Gasteiger partial charge is 0.341 e. The van der Waals surface area contributed by atoms with Gasteiger partial charge in [0, 0.05) is 22.9 Å². The maximum atomic E-state index is 12.9. The third-order valence-electron chi connectivity index (χ3n) is 5.87. The second-order valence-corrected chi connectivity index (χ2v) is 10.9. The van der Waals surface area contributed by atoms with Crippen LogP contribution in [0.3, 0.4) is 0 Å². The summed E-state index contributed by atoms with van der Waals surface area (Å²) in [5.74, 6) is 0.361. The third-order valence-corrected chi connectivity index (χ3v) is 8.29. The van der Waals surface area contributed by atoms with E-state index in [1.807, 2.05) is 28.8 Å². The number of allylic oxidation sites excluding steroid dienone is 1. The Morgan fingerprint density at radius 2 is 2.00 bits per heavy atom. The van der Waals surface area contributed by atoms with Crippen molar-refractivity contribution in [2.24, 2.45) is 0 Å². The average Bonchev–Trinajstić information content (AvgIpc) is 3.31. The van der Waals surface area contributed by atoms with Gasteiger partial charge in [0.25, 0.3) is 0 Å². The van der Waals surface area contributed by atoms with Gasteiger partial charge in [-0.3, -0.25) is 4.79 Å². The first kappa shape index (κ1) is 26.4. The number of nitrogens with one attached hydrogen (secondary N) is 1. The standard InChI is InChI=1S/C26H29ClN4O3S2/c1-3-14-31-21(15-17-10-12-18(27)13-11-17)29-30-26(31)35-16-22(32)28-24-23(25(33)34-4-2)19-8-6-5-7-9-20(19)36-24/h3,10-13H,1,4-9,14-16H2,2H3,(H,28,32). The quantitative estimate of drug-likeness (QED) is 0.147. The van der Waals surface area contributed by atoms with E-state index in [0.29, 0.717) is 40.3 Å². The zero-order valence-electron chi connectivity index (χ0n) is 20.2. The molecule has 4 rings (SSSR count). The van der Waals surface area contributed by atoms with Crippen molar-refractivity contribution in [1.82, 2.24) is 14.8 Å². The van der Waals surface area contributed by atoms with E-state index < -0.39 is 0 Å². The summed E-state index contributed by atoms with van der Waals surface area (Å²) in [6.07, 6.45) is 7.42. The van der Waals surface area contributed by atoms with Gasteiger partial charge in [0.05, 0.1) is 17.9 Å². The highest BCUT2D eigenvalue weighted by atomic mass is 35.5. The molecule has 36 heavy (non-hydrogen) atoms. The maximum Gasteiger partial charge on any atom is 0.341 e. The Morgan fingerprint density at radius 3 is 2.75 bits per heavy atom. The van der Waals surface area contributed by atoms with E-state index >= 15 is 0 Å². The minimum absolute atomic E-state index is 0.140. The van der Waals surface area contributed by atoms with Crippen LogP contribution in [0.25, 0.3) is 0 Å². The van der Waals surface area contributed by atoms with E-state index in [1.54, 1.807) is 13.0 Å². The van der Waals surface area contributed by atoms with Gasteiger partial charge in [0.15, 0.2) is 5.16 Å². The van der Waals surface area contributed by atoms with Crippen molar-refractivity contribution in [3.05, 3.63) is 69.3 Å². The Morgan fingerprint density at radius 1 is 1.22 bits per heavy atom. The van der Waals surface area contributed by atoms with E-state index in [-0.39, 0.29) is 17.6 Å². The number of esters is 1. The van der Waals surface area contributed by atoms with E-state index in [2.05, 4.69) is 22.1 Å². The molecule has 1 aliphatic rings. The molecule has 1 amide bonds. The summed E-state index contributed by atoms with van der Waals surface area (Å²) in [6.45, 7) is 6.46. The van der Waals surface area contributed by atoms with Gasteiger partial charge < -0.3 is 14.6 Å². The highest BCUT2D eigenvalue weighted by molar-refractivity contribution is 7.99. The number of aromatic nitrogens is 3. The van der Waals surface area contributed by atoms with Crippen molar-refractivity contribution < 1.29 is 14.3 Å². The number of hydrogen-bond donors (Lipinski definition) is 1. The number of aryl methyl sites for hydroxylation is 1. The number of hydrogen-bond acceptors (Lipinski definition) is 7. The first-order valence-corrected chi connectivity index (χ1v) is 14.2. The molecule has 0 bridgehead atoms. The highest BCUT2D eigenvalue weighted by Crippen LogP contribution is 2.38. The zero-order chi connectivity index (χ0) is 25.5. The number of carbonyl (C=O) groups excluding carboxylic acids is 2. The lowest BCUT2D eigenvalue weighted by Gasteiger charge is -2.09. The predicted octanol–water partition coefficient (Wildman–Crippen LogP) is 5.95. The number of halogens is 1. The number of anilines is 1. The Bertz CT molecular complexity index is 1240. The van der Waals surface area contributed by atoms with Crippen LogP contribution >= 0.6 is 34.7 Å². The summed E-state index contributed by atoms with van der Waals surface area (Å²) < 4.78 is 7.27. The first-order chi connectivity index (χ1) is 17.5. The monoisotopic (exact) mass is 544 g/mol. The van der Waals surface area contributed by atoms with Crippen LogP contribution in [0.2, 0.25) is 5.02 Å². The summed E-state index contributed by atoms with van der Waals surface area (Å²) in [4.78, 5) is 26.9. The lowest BCUT2D eigenvalue weighted by Crippen LogP contribution is -2.17. The minimum Gasteiger partial charge on any atom is -0.462 e. The van der Waals surface area contributed by atoms with Crippen LogP contribution in [-0.2, 0) is 35.3 Å². The molecular weight excluding hydrogens is 516 g/mol. The van der Waals surface area contributed by atoms with Crippen LogP contribution in [-0.4, -0.2) is 39.0 Å². The second-order valence-electron chi connectivity index (χ2n) is 8.43. The topological polar surface area (TPSA) is 86.1 Å². The third kappa shape index (κ3) is 6.38. The maximum absolute atomic E-state index is 12.9. The number of benzene rings is 1. The Balaban J connectivity index is 1.46. The Labute approximate surface area is 224 Å². The van der Waals surface area contributed by atoms with Crippen molar-refractivity contribution in [3.63, 3.8) is 0 Å². The van der Waals surface area contributed by atoms with Crippen molar-refractivity contribution in [1.29, 1.82) is 0 Å². The largest absolute Gasteiger partial charge is 0.462 e. The summed E-state index contributed by atoms with van der Waals surface area (Å²) >= 11 is 8.80. The predicted molar refractivity (Wildman–Crippen MR) is 145 cm³/mol. The van der Waals surface area contributed by atoms with Gasteiger partial charge in [-0.25, -0.2) is 4.79 Å². The van der Waals surface area contributed by atoms with E-state index in [1.165, 1.54) is 28.0 Å². The fourth-order valence-corrected chi connectivity index (χ4v) is 6.38. The van der Waals surface area contributed by atoms with Gasteiger partial charge in [-0.2, -0.15) is 0 Å². The summed E-state index contributed by atoms with van der Waals surface area (Å²) in [5, 5.41) is 13.5. The van der Waals surface area contributed by atoms with Crippen LogP contribution < -0.4 is 5.32 Å². The van der Waals surface area contributed by atoms with Crippen LogP contribution in [0, 0.1) is 0 Å². The van der Waals surface area contributed by atoms with Crippen LogP contribution in [0.1, 0.15) is 58.4 Å². The molecule has 0 fully saturated rings. The molecule has 10 heteroatoms. The van der Waals surface area contributed by atoms with E-state index in [4.69, 9.17) is 16.3 Å². The molecule has 2 aromatic heterocycles. The highest BCUT2D eigenvalue weighted by Gasteiger charge is 2.26. The molecule has 0 aliphatic heterocycles. The summed E-state index contributed by atoms with van der Waals surface area (Å²) in [7, 11) is 0. The second kappa shape index (κ2) is 12.6. The number of amides is 1. The van der Waals surface area contributed by atoms with E-state index in [0.717, 1.165) is 49.1 Å². The first-order valence-electron chi connectivity index (χ1n) is 12.0. The minimum atomic E-state index is -0.363. The van der Waals surface area contributed by atoms with Crippen molar-refractivity contribution in [2.75, 3.05) is 17.7 Å². The molecule has 0 atom stereocenters. The van der Waals surface area contributed by atoms with Crippen LogP contribution in [0.15, 0.2) is 42.1 Å². The lowest BCUT2D eigenvalue weighted by atomic mass is 10.1. The number of thioether (sulfide) groups is 1. The van der Waals surface area contributed by atoms with Gasteiger partial charge in [0.2, 0.25) is 5.91 Å². The summed E-state index contributed by atoms with van der Waals surface area (Å²) in [5.41, 5.74) is 2.63. The van der Waals surface area contributed by atoms with Gasteiger partial charge >= 0.3 is 5.97 Å². The molecule has 7 nitrogen and oxygen atoms in total. The van der Waals surface area contributed by atoms with Crippen molar-refractivity contribution in [2.45, 2.75) is 57.1 Å².